The molecule has 0 saturated carbocycles. The lowest BCUT2D eigenvalue weighted by atomic mass is 9.94. The molecule has 1 atom stereocenters. The molecule has 0 saturated heterocycles. The predicted octanol–water partition coefficient (Wildman–Crippen LogP) is 2.66. The first-order chi connectivity index (χ1) is 10.6. The van der Waals surface area contributed by atoms with Gasteiger partial charge in [0.05, 0.1) is 20.6 Å². The Balaban J connectivity index is 3.16. The minimum absolute atomic E-state index is 0.0971. The number of carboxylic acid groups (broad SMARTS) is 1. The van der Waals surface area contributed by atoms with Crippen LogP contribution in [0.3, 0.4) is 0 Å². The van der Waals surface area contributed by atoms with Crippen molar-refractivity contribution in [2.75, 3.05) is 27.4 Å². The van der Waals surface area contributed by atoms with E-state index in [2.05, 4.69) is 0 Å². The minimum atomic E-state index is -0.913. The zero-order valence-corrected chi connectivity index (χ0v) is 13.5. The van der Waals surface area contributed by atoms with E-state index >= 15 is 0 Å². The Morgan fingerprint density at radius 3 is 2.14 bits per heavy atom. The molecule has 124 valence electrons. The van der Waals surface area contributed by atoms with Crippen LogP contribution in [0.15, 0.2) is 18.2 Å². The van der Waals surface area contributed by atoms with Gasteiger partial charge in [-0.2, -0.15) is 0 Å². The molecular formula is C16H24O6. The van der Waals surface area contributed by atoms with Crippen molar-refractivity contribution in [3.63, 3.8) is 0 Å². The Morgan fingerprint density at radius 2 is 1.68 bits per heavy atom. The fraction of sp³-hybridized carbons (Fsp3) is 0.562. The van der Waals surface area contributed by atoms with Crippen molar-refractivity contribution in [1.29, 1.82) is 0 Å². The lowest BCUT2D eigenvalue weighted by molar-refractivity contribution is -0.160. The van der Waals surface area contributed by atoms with Crippen LogP contribution in [0.1, 0.15) is 31.7 Å². The molecule has 0 aliphatic carbocycles. The summed E-state index contributed by atoms with van der Waals surface area (Å²) < 4.78 is 21.6. The molecule has 0 aromatic heterocycles. The van der Waals surface area contributed by atoms with E-state index in [1.165, 1.54) is 7.11 Å². The predicted molar refractivity (Wildman–Crippen MR) is 81.6 cm³/mol. The fourth-order valence-electron chi connectivity index (χ4n) is 2.25. The van der Waals surface area contributed by atoms with Crippen LogP contribution in [0.25, 0.3) is 0 Å². The molecule has 1 aromatic carbocycles. The van der Waals surface area contributed by atoms with Crippen LogP contribution in [-0.4, -0.2) is 44.8 Å². The molecule has 0 radical (unpaired) electrons. The molecule has 1 rings (SSSR count). The quantitative estimate of drug-likeness (QED) is 0.670. The van der Waals surface area contributed by atoms with Crippen LogP contribution < -0.4 is 9.47 Å². The Hall–Kier alpha value is -1.79. The van der Waals surface area contributed by atoms with E-state index in [4.69, 9.17) is 18.9 Å². The second-order valence-corrected chi connectivity index (χ2v) is 4.60. The van der Waals surface area contributed by atoms with Gasteiger partial charge in [-0.15, -0.1) is 0 Å². The summed E-state index contributed by atoms with van der Waals surface area (Å²) in [5.74, 6) is -0.215. The number of benzene rings is 1. The smallest absolute Gasteiger partial charge is 0.304 e. The van der Waals surface area contributed by atoms with Crippen LogP contribution in [0, 0.1) is 0 Å². The number of carboxylic acids is 1. The van der Waals surface area contributed by atoms with Crippen LogP contribution in [0.5, 0.6) is 11.5 Å². The van der Waals surface area contributed by atoms with E-state index in [0.29, 0.717) is 24.7 Å². The zero-order valence-electron chi connectivity index (χ0n) is 13.5. The molecule has 0 aliphatic rings. The third-order valence-corrected chi connectivity index (χ3v) is 3.22. The largest absolute Gasteiger partial charge is 0.493 e. The second-order valence-electron chi connectivity index (χ2n) is 4.60. The number of hydrogen-bond donors (Lipinski definition) is 1. The number of hydrogen-bond acceptors (Lipinski definition) is 5. The summed E-state index contributed by atoms with van der Waals surface area (Å²) in [4.78, 5) is 11.2. The number of aliphatic carboxylic acids is 1. The van der Waals surface area contributed by atoms with Crippen LogP contribution >= 0.6 is 0 Å². The van der Waals surface area contributed by atoms with Gasteiger partial charge in [-0.25, -0.2) is 0 Å². The van der Waals surface area contributed by atoms with Crippen molar-refractivity contribution in [3.05, 3.63) is 23.8 Å². The molecule has 1 N–H and O–H groups in total. The maximum Gasteiger partial charge on any atom is 0.304 e. The molecule has 0 fully saturated rings. The number of rotatable bonds is 10. The Bertz CT molecular complexity index is 468. The molecule has 6 heteroatoms. The van der Waals surface area contributed by atoms with E-state index in [1.54, 1.807) is 25.3 Å². The molecule has 22 heavy (non-hydrogen) atoms. The molecule has 6 nitrogen and oxygen atoms in total. The van der Waals surface area contributed by atoms with E-state index in [-0.39, 0.29) is 6.42 Å². The zero-order chi connectivity index (χ0) is 16.5. The first kappa shape index (κ1) is 18.3. The van der Waals surface area contributed by atoms with E-state index in [9.17, 15) is 9.90 Å². The lowest BCUT2D eigenvalue weighted by Gasteiger charge is -2.26. The van der Waals surface area contributed by atoms with Crippen molar-refractivity contribution in [3.8, 4) is 11.5 Å². The van der Waals surface area contributed by atoms with Crippen LogP contribution in [-0.2, 0) is 14.3 Å². The first-order valence-electron chi connectivity index (χ1n) is 7.24. The maximum atomic E-state index is 11.2. The van der Waals surface area contributed by atoms with Crippen molar-refractivity contribution >= 4 is 5.97 Å². The van der Waals surface area contributed by atoms with Gasteiger partial charge >= 0.3 is 5.97 Å². The van der Waals surface area contributed by atoms with Gasteiger partial charge in [-0.3, -0.25) is 4.79 Å². The van der Waals surface area contributed by atoms with E-state index in [0.717, 1.165) is 5.56 Å². The fourth-order valence-corrected chi connectivity index (χ4v) is 2.25. The highest BCUT2D eigenvalue weighted by atomic mass is 16.7. The number of methoxy groups -OCH3 is 2. The summed E-state index contributed by atoms with van der Waals surface area (Å²) in [7, 11) is 3.09. The van der Waals surface area contributed by atoms with Crippen LogP contribution in [0.2, 0.25) is 0 Å². The van der Waals surface area contributed by atoms with Gasteiger partial charge in [0, 0.05) is 19.1 Å². The summed E-state index contributed by atoms with van der Waals surface area (Å²) in [5, 5.41) is 9.19. The molecule has 1 unspecified atom stereocenters. The van der Waals surface area contributed by atoms with Crippen molar-refractivity contribution in [2.45, 2.75) is 32.5 Å². The molecule has 0 heterocycles. The minimum Gasteiger partial charge on any atom is -0.493 e. The summed E-state index contributed by atoms with van der Waals surface area (Å²) in [6.07, 6.45) is -0.718. The molecule has 0 bridgehead atoms. The topological polar surface area (TPSA) is 74.2 Å². The Morgan fingerprint density at radius 1 is 1.09 bits per heavy atom. The SMILES string of the molecule is CCOC(OCC)C(CC(=O)O)c1ccc(OC)c(OC)c1. The second kappa shape index (κ2) is 9.27. The van der Waals surface area contributed by atoms with Crippen molar-refractivity contribution in [2.24, 2.45) is 0 Å². The van der Waals surface area contributed by atoms with Gasteiger partial charge in [0.25, 0.3) is 0 Å². The van der Waals surface area contributed by atoms with Crippen molar-refractivity contribution < 1.29 is 28.8 Å². The van der Waals surface area contributed by atoms with Crippen molar-refractivity contribution in [1.82, 2.24) is 0 Å². The monoisotopic (exact) mass is 312 g/mol. The summed E-state index contributed by atoms with van der Waals surface area (Å²) in [6.45, 7) is 4.57. The van der Waals surface area contributed by atoms with Gasteiger partial charge in [-0.05, 0) is 31.5 Å². The standard InChI is InChI=1S/C16H24O6/c1-5-21-16(22-6-2)12(10-15(17)18)11-7-8-13(19-3)14(9-11)20-4/h7-9,12,16H,5-6,10H2,1-4H3,(H,17,18). The summed E-state index contributed by atoms with van der Waals surface area (Å²) in [6, 6.07) is 5.31. The van der Waals surface area contributed by atoms with Gasteiger partial charge in [0.2, 0.25) is 0 Å². The Labute approximate surface area is 130 Å². The number of carbonyl (C=O) groups is 1. The molecule has 0 aliphatic heterocycles. The summed E-state index contributed by atoms with van der Waals surface area (Å²) in [5.41, 5.74) is 0.770. The number of ether oxygens (including phenoxy) is 4. The van der Waals surface area contributed by atoms with Gasteiger partial charge in [0.15, 0.2) is 17.8 Å². The highest BCUT2D eigenvalue weighted by molar-refractivity contribution is 5.68. The molecule has 0 spiro atoms. The normalized spacial score (nSPS) is 12.2. The molecule has 1 aromatic rings. The van der Waals surface area contributed by atoms with E-state index < -0.39 is 18.2 Å². The third kappa shape index (κ3) is 4.89. The van der Waals surface area contributed by atoms with Gasteiger partial charge in [0.1, 0.15) is 0 Å². The van der Waals surface area contributed by atoms with Gasteiger partial charge < -0.3 is 24.1 Å². The third-order valence-electron chi connectivity index (χ3n) is 3.22. The van der Waals surface area contributed by atoms with E-state index in [1.807, 2.05) is 13.8 Å². The Kier molecular flexibility index (Phi) is 7.70. The highest BCUT2D eigenvalue weighted by Gasteiger charge is 2.27. The lowest BCUT2D eigenvalue weighted by Crippen LogP contribution is -2.28. The average molecular weight is 312 g/mol. The first-order valence-corrected chi connectivity index (χ1v) is 7.24. The molecule has 0 amide bonds. The van der Waals surface area contributed by atoms with Gasteiger partial charge in [-0.1, -0.05) is 6.07 Å². The van der Waals surface area contributed by atoms with Crippen LogP contribution in [0.4, 0.5) is 0 Å². The maximum absolute atomic E-state index is 11.2. The average Bonchev–Trinajstić information content (AvgIpc) is 2.51. The summed E-state index contributed by atoms with van der Waals surface area (Å²) >= 11 is 0. The highest BCUT2D eigenvalue weighted by Crippen LogP contribution is 2.34. The molecular weight excluding hydrogens is 288 g/mol.